The first-order valence-electron chi connectivity index (χ1n) is 5.55. The molecule has 0 aliphatic carbocycles. The average molecular weight is 233 g/mol. The van der Waals surface area contributed by atoms with Crippen LogP contribution in [0, 0.1) is 6.92 Å². The molecular formula is C13H15NO3. The zero-order chi connectivity index (χ0) is 12.1. The molecule has 4 nitrogen and oxygen atoms in total. The summed E-state index contributed by atoms with van der Waals surface area (Å²) in [5.74, 6) is 1.73. The molecule has 0 spiro atoms. The first-order valence-corrected chi connectivity index (χ1v) is 5.55. The Hall–Kier alpha value is -1.97. The summed E-state index contributed by atoms with van der Waals surface area (Å²) in [6.45, 7) is 4.79. The number of benzene rings is 1. The third kappa shape index (κ3) is 3.24. The molecule has 0 saturated carbocycles. The number of aryl methyl sites for hydroxylation is 1. The number of hydrogen-bond donors (Lipinski definition) is 0. The maximum Gasteiger partial charge on any atom is 0.305 e. The minimum Gasteiger partial charge on any atom is -0.484 e. The molecule has 90 valence electrons. The van der Waals surface area contributed by atoms with Crippen molar-refractivity contribution in [3.05, 3.63) is 41.9 Å². The van der Waals surface area contributed by atoms with Crippen LogP contribution in [0.3, 0.4) is 0 Å². The highest BCUT2D eigenvalue weighted by Gasteiger charge is 2.04. The number of aromatic nitrogens is 1. The van der Waals surface area contributed by atoms with Gasteiger partial charge in [-0.05, 0) is 26.0 Å². The van der Waals surface area contributed by atoms with E-state index < -0.39 is 0 Å². The summed E-state index contributed by atoms with van der Waals surface area (Å²) in [4.78, 5) is 4.05. The van der Waals surface area contributed by atoms with Crippen molar-refractivity contribution in [3.8, 4) is 11.7 Å². The van der Waals surface area contributed by atoms with Crippen LogP contribution in [0.2, 0.25) is 0 Å². The quantitative estimate of drug-likeness (QED) is 0.796. The minimum atomic E-state index is 0.302. The van der Waals surface area contributed by atoms with Crippen LogP contribution in [0.5, 0.6) is 11.7 Å². The summed E-state index contributed by atoms with van der Waals surface area (Å²) in [6, 6.07) is 7.83. The van der Waals surface area contributed by atoms with Gasteiger partial charge in [0.25, 0.3) is 0 Å². The van der Waals surface area contributed by atoms with Crippen LogP contribution in [-0.2, 0) is 6.61 Å². The van der Waals surface area contributed by atoms with E-state index in [1.54, 1.807) is 6.20 Å². The van der Waals surface area contributed by atoms with E-state index in [-0.39, 0.29) is 0 Å². The highest BCUT2D eigenvalue weighted by Crippen LogP contribution is 2.16. The van der Waals surface area contributed by atoms with E-state index >= 15 is 0 Å². The zero-order valence-corrected chi connectivity index (χ0v) is 9.97. The van der Waals surface area contributed by atoms with Crippen molar-refractivity contribution in [2.45, 2.75) is 20.5 Å². The molecular weight excluding hydrogens is 218 g/mol. The molecule has 4 heteroatoms. The Kier molecular flexibility index (Phi) is 3.65. The van der Waals surface area contributed by atoms with E-state index in [1.807, 2.05) is 38.1 Å². The second-order valence-electron chi connectivity index (χ2n) is 3.61. The lowest BCUT2D eigenvalue weighted by Gasteiger charge is -2.03. The van der Waals surface area contributed by atoms with Gasteiger partial charge in [0.05, 0.1) is 6.61 Å². The first kappa shape index (κ1) is 11.5. The van der Waals surface area contributed by atoms with Crippen LogP contribution in [0.15, 0.2) is 34.9 Å². The van der Waals surface area contributed by atoms with Crippen molar-refractivity contribution in [1.82, 2.24) is 4.98 Å². The van der Waals surface area contributed by atoms with E-state index in [0.717, 1.165) is 5.75 Å². The number of oxazole rings is 1. The maximum atomic E-state index is 5.53. The molecule has 2 rings (SSSR count). The van der Waals surface area contributed by atoms with Crippen LogP contribution in [-0.4, -0.2) is 11.6 Å². The molecule has 1 heterocycles. The number of hydrogen-bond acceptors (Lipinski definition) is 4. The molecule has 0 unspecified atom stereocenters. The molecule has 2 aromatic rings. The van der Waals surface area contributed by atoms with Crippen molar-refractivity contribution < 1.29 is 13.9 Å². The lowest BCUT2D eigenvalue weighted by molar-refractivity contribution is 0.217. The Morgan fingerprint density at radius 2 is 1.94 bits per heavy atom. The minimum absolute atomic E-state index is 0.302. The summed E-state index contributed by atoms with van der Waals surface area (Å²) >= 11 is 0. The Balaban J connectivity index is 1.90. The standard InChI is InChI=1S/C13H15NO3/c1-3-15-13-8-14-12(17-13)9-16-11-6-4-10(2)5-7-11/h4-8H,3,9H2,1-2H3. The molecule has 0 atom stereocenters. The molecule has 0 aliphatic rings. The Morgan fingerprint density at radius 1 is 1.18 bits per heavy atom. The van der Waals surface area contributed by atoms with E-state index in [0.29, 0.717) is 25.1 Å². The van der Waals surface area contributed by atoms with E-state index in [9.17, 15) is 0 Å². The third-order valence-electron chi connectivity index (χ3n) is 2.20. The summed E-state index contributed by atoms with van der Waals surface area (Å²) in [5.41, 5.74) is 1.20. The van der Waals surface area contributed by atoms with Crippen LogP contribution >= 0.6 is 0 Å². The topological polar surface area (TPSA) is 44.5 Å². The Bertz CT molecular complexity index is 462. The SMILES string of the molecule is CCOc1cnc(COc2ccc(C)cc2)o1. The van der Waals surface area contributed by atoms with Gasteiger partial charge in [-0.25, -0.2) is 4.98 Å². The van der Waals surface area contributed by atoms with Gasteiger partial charge >= 0.3 is 5.95 Å². The lowest BCUT2D eigenvalue weighted by atomic mass is 10.2. The van der Waals surface area contributed by atoms with Gasteiger partial charge in [0.1, 0.15) is 11.9 Å². The van der Waals surface area contributed by atoms with Gasteiger partial charge < -0.3 is 13.9 Å². The highest BCUT2D eigenvalue weighted by molar-refractivity contribution is 5.26. The number of nitrogens with zero attached hydrogens (tertiary/aromatic N) is 1. The predicted octanol–water partition coefficient (Wildman–Crippen LogP) is 2.96. The fourth-order valence-corrected chi connectivity index (χ4v) is 1.35. The summed E-state index contributed by atoms with van der Waals surface area (Å²) in [7, 11) is 0. The van der Waals surface area contributed by atoms with Gasteiger partial charge in [-0.3, -0.25) is 0 Å². The summed E-state index contributed by atoms with van der Waals surface area (Å²) in [6.07, 6.45) is 1.55. The smallest absolute Gasteiger partial charge is 0.305 e. The fourth-order valence-electron chi connectivity index (χ4n) is 1.35. The third-order valence-corrected chi connectivity index (χ3v) is 2.20. The Labute approximate surface area is 100 Å². The van der Waals surface area contributed by atoms with Crippen LogP contribution in [0.1, 0.15) is 18.4 Å². The molecule has 0 fully saturated rings. The van der Waals surface area contributed by atoms with Crippen molar-refractivity contribution in [2.24, 2.45) is 0 Å². The van der Waals surface area contributed by atoms with Crippen LogP contribution in [0.4, 0.5) is 0 Å². The van der Waals surface area contributed by atoms with Gasteiger partial charge in [-0.15, -0.1) is 0 Å². The average Bonchev–Trinajstić information content (AvgIpc) is 2.77. The van der Waals surface area contributed by atoms with Gasteiger partial charge in [0.2, 0.25) is 5.89 Å². The second-order valence-corrected chi connectivity index (χ2v) is 3.61. The van der Waals surface area contributed by atoms with E-state index in [2.05, 4.69) is 4.98 Å². The van der Waals surface area contributed by atoms with Crippen molar-refractivity contribution >= 4 is 0 Å². The van der Waals surface area contributed by atoms with Gasteiger partial charge in [0.15, 0.2) is 6.61 Å². The number of rotatable bonds is 5. The second kappa shape index (κ2) is 5.39. The summed E-state index contributed by atoms with van der Waals surface area (Å²) < 4.78 is 16.0. The van der Waals surface area contributed by atoms with Gasteiger partial charge in [0, 0.05) is 0 Å². The van der Waals surface area contributed by atoms with Crippen LogP contribution in [0.25, 0.3) is 0 Å². The molecule has 0 amide bonds. The number of ether oxygens (including phenoxy) is 2. The van der Waals surface area contributed by atoms with Crippen molar-refractivity contribution in [1.29, 1.82) is 0 Å². The predicted molar refractivity (Wildman–Crippen MR) is 63.2 cm³/mol. The maximum absolute atomic E-state index is 5.53. The zero-order valence-electron chi connectivity index (χ0n) is 9.97. The summed E-state index contributed by atoms with van der Waals surface area (Å²) in [5, 5.41) is 0. The van der Waals surface area contributed by atoms with E-state index in [4.69, 9.17) is 13.9 Å². The van der Waals surface area contributed by atoms with Gasteiger partial charge in [-0.2, -0.15) is 0 Å². The first-order chi connectivity index (χ1) is 8.28. The molecule has 0 N–H and O–H groups in total. The van der Waals surface area contributed by atoms with Crippen molar-refractivity contribution in [3.63, 3.8) is 0 Å². The molecule has 0 bridgehead atoms. The monoisotopic (exact) mass is 233 g/mol. The Morgan fingerprint density at radius 3 is 2.65 bits per heavy atom. The van der Waals surface area contributed by atoms with Crippen molar-refractivity contribution in [2.75, 3.05) is 6.61 Å². The molecule has 1 aromatic heterocycles. The highest BCUT2D eigenvalue weighted by atomic mass is 16.6. The molecule has 0 aliphatic heterocycles. The van der Waals surface area contributed by atoms with Gasteiger partial charge in [-0.1, -0.05) is 17.7 Å². The molecule has 0 radical (unpaired) electrons. The fraction of sp³-hybridized carbons (Fsp3) is 0.308. The molecule has 1 aromatic carbocycles. The largest absolute Gasteiger partial charge is 0.484 e. The molecule has 17 heavy (non-hydrogen) atoms. The van der Waals surface area contributed by atoms with Crippen LogP contribution < -0.4 is 9.47 Å². The normalized spacial score (nSPS) is 10.2. The molecule has 0 saturated heterocycles. The van der Waals surface area contributed by atoms with E-state index in [1.165, 1.54) is 5.56 Å². The lowest BCUT2D eigenvalue weighted by Crippen LogP contribution is -1.95.